The molecule has 0 fully saturated rings. The van der Waals surface area contributed by atoms with E-state index in [9.17, 15) is 19.2 Å². The van der Waals surface area contributed by atoms with Gasteiger partial charge in [-0.25, -0.2) is 0 Å². The van der Waals surface area contributed by atoms with Crippen LogP contribution in [0.25, 0.3) is 10.8 Å². The highest BCUT2D eigenvalue weighted by atomic mass is 16.6. The molecule has 0 unspecified atom stereocenters. The largest absolute Gasteiger partial charge is 0.466 e. The third-order valence-electron chi connectivity index (χ3n) is 5.27. The minimum absolute atomic E-state index is 0.0945. The van der Waals surface area contributed by atoms with E-state index in [1.807, 2.05) is 0 Å². The van der Waals surface area contributed by atoms with Crippen LogP contribution in [0.4, 0.5) is 0 Å². The Balaban J connectivity index is 2.25. The van der Waals surface area contributed by atoms with Gasteiger partial charge in [-0.15, -0.1) is 0 Å². The van der Waals surface area contributed by atoms with Gasteiger partial charge in [-0.2, -0.15) is 0 Å². The zero-order chi connectivity index (χ0) is 25.8. The van der Waals surface area contributed by atoms with Crippen LogP contribution in [-0.2, 0) is 30.3 Å². The summed E-state index contributed by atoms with van der Waals surface area (Å²) in [5.41, 5.74) is 0.507. The first-order valence-corrected chi connectivity index (χ1v) is 12.0. The van der Waals surface area contributed by atoms with Gasteiger partial charge in [-0.1, -0.05) is 49.9 Å². The zero-order valence-electron chi connectivity index (χ0n) is 20.9. The third-order valence-corrected chi connectivity index (χ3v) is 5.27. The molecule has 0 amide bonds. The minimum Gasteiger partial charge on any atom is -0.466 e. The monoisotopic (exact) mass is 486 g/mol. The summed E-state index contributed by atoms with van der Waals surface area (Å²) in [6.45, 7) is 6.03. The summed E-state index contributed by atoms with van der Waals surface area (Å²) < 4.78 is 21.5. The fourth-order valence-corrected chi connectivity index (χ4v) is 3.90. The molecule has 0 bridgehead atoms. The van der Waals surface area contributed by atoms with Crippen molar-refractivity contribution in [2.24, 2.45) is 0 Å². The molecule has 0 radical (unpaired) electrons. The van der Waals surface area contributed by atoms with Gasteiger partial charge in [-0.05, 0) is 26.2 Å². The number of fused-ring (bicyclic) bond motifs is 1. The Labute approximate surface area is 205 Å². The van der Waals surface area contributed by atoms with Crippen molar-refractivity contribution in [3.8, 4) is 17.2 Å². The molecule has 2 aromatic carbocycles. The lowest BCUT2D eigenvalue weighted by Crippen LogP contribution is -2.12. The molecule has 0 aliphatic carbocycles. The molecular weight excluding hydrogens is 452 g/mol. The first-order valence-electron chi connectivity index (χ1n) is 12.0. The zero-order valence-corrected chi connectivity index (χ0v) is 20.9. The van der Waals surface area contributed by atoms with E-state index in [4.69, 9.17) is 18.9 Å². The van der Waals surface area contributed by atoms with Crippen LogP contribution in [0.3, 0.4) is 0 Å². The van der Waals surface area contributed by atoms with Gasteiger partial charge in [-0.3, -0.25) is 19.2 Å². The van der Waals surface area contributed by atoms with E-state index in [2.05, 4.69) is 0 Å². The van der Waals surface area contributed by atoms with E-state index in [-0.39, 0.29) is 17.5 Å². The Morgan fingerprint density at radius 2 is 1.14 bits per heavy atom. The average Bonchev–Trinajstić information content (AvgIpc) is 2.78. The lowest BCUT2D eigenvalue weighted by atomic mass is 9.97. The Morgan fingerprint density at radius 3 is 1.71 bits per heavy atom. The highest BCUT2D eigenvalue weighted by Gasteiger charge is 2.25. The van der Waals surface area contributed by atoms with E-state index in [1.165, 1.54) is 20.8 Å². The average molecular weight is 487 g/mol. The molecule has 8 heteroatoms. The lowest BCUT2D eigenvalue weighted by molar-refractivity contribution is -0.143. The first kappa shape index (κ1) is 27.8. The number of unbranched alkanes of at least 4 members (excludes halogenated alkanes) is 5. The molecule has 0 saturated carbocycles. The van der Waals surface area contributed by atoms with Gasteiger partial charge >= 0.3 is 23.9 Å². The predicted molar refractivity (Wildman–Crippen MR) is 131 cm³/mol. The lowest BCUT2D eigenvalue weighted by Gasteiger charge is -2.20. The number of esters is 4. The fraction of sp³-hybridized carbons (Fsp3) is 0.481. The number of hydrogen-bond donors (Lipinski definition) is 0. The maximum absolute atomic E-state index is 11.9. The second-order valence-corrected chi connectivity index (χ2v) is 8.22. The first-order chi connectivity index (χ1) is 16.7. The van der Waals surface area contributed by atoms with Gasteiger partial charge in [0.05, 0.1) is 6.61 Å². The summed E-state index contributed by atoms with van der Waals surface area (Å²) in [6.07, 6.45) is 6.16. The molecule has 0 aliphatic rings. The molecule has 35 heavy (non-hydrogen) atoms. The van der Waals surface area contributed by atoms with Crippen molar-refractivity contribution >= 4 is 34.6 Å². The summed E-state index contributed by atoms with van der Waals surface area (Å²) in [7, 11) is 0. The van der Waals surface area contributed by atoms with Crippen LogP contribution in [0, 0.1) is 0 Å². The molecule has 0 spiro atoms. The Morgan fingerprint density at radius 1 is 0.657 bits per heavy atom. The summed E-state index contributed by atoms with van der Waals surface area (Å²) in [6, 6.07) is 7.03. The molecule has 0 N–H and O–H groups in total. The van der Waals surface area contributed by atoms with E-state index in [0.29, 0.717) is 41.5 Å². The van der Waals surface area contributed by atoms with Crippen molar-refractivity contribution in [1.29, 1.82) is 0 Å². The molecule has 2 aromatic rings. The van der Waals surface area contributed by atoms with Crippen LogP contribution in [-0.4, -0.2) is 30.5 Å². The second kappa shape index (κ2) is 14.1. The Hall–Kier alpha value is -3.42. The van der Waals surface area contributed by atoms with Crippen LogP contribution in [0.2, 0.25) is 0 Å². The van der Waals surface area contributed by atoms with Gasteiger partial charge in [0.2, 0.25) is 0 Å². The Kier molecular flexibility index (Phi) is 11.2. The van der Waals surface area contributed by atoms with E-state index >= 15 is 0 Å². The van der Waals surface area contributed by atoms with Crippen molar-refractivity contribution < 1.29 is 38.1 Å². The molecule has 0 heterocycles. The fourth-order valence-electron chi connectivity index (χ4n) is 3.90. The van der Waals surface area contributed by atoms with Crippen LogP contribution in [0.1, 0.15) is 78.2 Å². The molecule has 0 aromatic heterocycles. The number of rotatable bonds is 13. The molecule has 190 valence electrons. The van der Waals surface area contributed by atoms with Crippen molar-refractivity contribution in [2.45, 2.75) is 79.1 Å². The van der Waals surface area contributed by atoms with Crippen LogP contribution in [0.15, 0.2) is 24.3 Å². The van der Waals surface area contributed by atoms with Crippen molar-refractivity contribution in [2.75, 3.05) is 6.61 Å². The van der Waals surface area contributed by atoms with Crippen LogP contribution in [0.5, 0.6) is 17.2 Å². The highest BCUT2D eigenvalue weighted by Crippen LogP contribution is 2.47. The number of carbonyl (C=O) groups excluding carboxylic acids is 4. The third kappa shape index (κ3) is 8.70. The second-order valence-electron chi connectivity index (χ2n) is 8.22. The van der Waals surface area contributed by atoms with Gasteiger partial charge in [0.25, 0.3) is 0 Å². The maximum Gasteiger partial charge on any atom is 0.308 e. The standard InChI is InChI=1S/C27H34O8/c1-5-32-24(31)17-11-9-7-6-8-10-16-23-25(33-18(2)28)21-14-12-13-15-22(21)26(34-19(3)29)27(23)35-20(4)30/h12-15H,5-11,16-17H2,1-4H3. The molecule has 0 aliphatic heterocycles. The number of carbonyl (C=O) groups is 4. The molecule has 2 rings (SSSR count). The van der Waals surface area contributed by atoms with E-state index in [0.717, 1.165) is 38.5 Å². The van der Waals surface area contributed by atoms with Gasteiger partial charge in [0.15, 0.2) is 11.5 Å². The smallest absolute Gasteiger partial charge is 0.308 e. The van der Waals surface area contributed by atoms with Crippen LogP contribution < -0.4 is 14.2 Å². The summed E-state index contributed by atoms with van der Waals surface area (Å²) in [5.74, 6) is -1.28. The maximum atomic E-state index is 11.9. The highest BCUT2D eigenvalue weighted by molar-refractivity contribution is 6.00. The van der Waals surface area contributed by atoms with Crippen molar-refractivity contribution in [3.63, 3.8) is 0 Å². The summed E-state index contributed by atoms with van der Waals surface area (Å²) >= 11 is 0. The number of benzene rings is 2. The predicted octanol–water partition coefficient (Wildman–Crippen LogP) is 5.45. The summed E-state index contributed by atoms with van der Waals surface area (Å²) in [4.78, 5) is 47.1. The molecule has 0 saturated heterocycles. The van der Waals surface area contributed by atoms with E-state index in [1.54, 1.807) is 31.2 Å². The quantitative estimate of drug-likeness (QED) is 0.209. The number of hydrogen-bond acceptors (Lipinski definition) is 8. The topological polar surface area (TPSA) is 105 Å². The van der Waals surface area contributed by atoms with Gasteiger partial charge in [0, 0.05) is 43.5 Å². The Bertz CT molecular complexity index is 1060. The normalized spacial score (nSPS) is 10.6. The molecule has 8 nitrogen and oxygen atoms in total. The van der Waals surface area contributed by atoms with Crippen molar-refractivity contribution in [1.82, 2.24) is 0 Å². The SMILES string of the molecule is CCOC(=O)CCCCCCCCc1c(OC(C)=O)c(OC(C)=O)c2ccccc2c1OC(C)=O. The van der Waals surface area contributed by atoms with Gasteiger partial charge in [0.1, 0.15) is 5.75 Å². The van der Waals surface area contributed by atoms with Crippen molar-refractivity contribution in [3.05, 3.63) is 29.8 Å². The molecule has 0 atom stereocenters. The number of ether oxygens (including phenoxy) is 4. The minimum atomic E-state index is -0.578. The van der Waals surface area contributed by atoms with Crippen LogP contribution >= 0.6 is 0 Å². The molecular formula is C27H34O8. The van der Waals surface area contributed by atoms with Gasteiger partial charge < -0.3 is 18.9 Å². The van der Waals surface area contributed by atoms with E-state index < -0.39 is 17.9 Å². The summed E-state index contributed by atoms with van der Waals surface area (Å²) in [5, 5.41) is 1.09.